The van der Waals surface area contributed by atoms with Crippen LogP contribution >= 0.6 is 0 Å². The Labute approximate surface area is 157 Å². The van der Waals surface area contributed by atoms with Crippen LogP contribution in [0.2, 0.25) is 0 Å². The number of hydrogen-bond donors (Lipinski definition) is 2. The Morgan fingerprint density at radius 2 is 1.88 bits per heavy atom. The standard InChI is InChI=1S/C21H33N5/c1-2-17-11-20-21(23-13-17)12-19(14-24-20)16-26-9-7-25(8-10-26)15-18-3-5-22-6-4-18/h11-12,14,18,22-23H,2-10,13,15-16H2,1H3. The molecule has 0 bridgehead atoms. The Morgan fingerprint density at radius 3 is 2.65 bits per heavy atom. The van der Waals surface area contributed by atoms with Crippen molar-refractivity contribution in [1.82, 2.24) is 20.1 Å². The van der Waals surface area contributed by atoms with Gasteiger partial charge in [-0.25, -0.2) is 0 Å². The number of pyridine rings is 1. The van der Waals surface area contributed by atoms with Crippen molar-refractivity contribution in [2.75, 3.05) is 57.7 Å². The highest BCUT2D eigenvalue weighted by Gasteiger charge is 2.21. The Bertz CT molecular complexity index is 627. The number of aromatic nitrogens is 1. The molecule has 5 nitrogen and oxygen atoms in total. The zero-order valence-electron chi connectivity index (χ0n) is 16.1. The maximum Gasteiger partial charge on any atom is 0.0861 e. The van der Waals surface area contributed by atoms with E-state index in [1.165, 1.54) is 75.5 Å². The number of piperazine rings is 1. The lowest BCUT2D eigenvalue weighted by atomic mass is 9.97. The minimum atomic E-state index is 0.903. The zero-order valence-corrected chi connectivity index (χ0v) is 16.1. The molecule has 5 heteroatoms. The highest BCUT2D eigenvalue weighted by Crippen LogP contribution is 2.24. The van der Waals surface area contributed by atoms with Crippen molar-refractivity contribution in [1.29, 1.82) is 0 Å². The lowest BCUT2D eigenvalue weighted by molar-refractivity contribution is 0.107. The molecule has 0 aliphatic carbocycles. The van der Waals surface area contributed by atoms with E-state index in [4.69, 9.17) is 4.98 Å². The van der Waals surface area contributed by atoms with Crippen molar-refractivity contribution in [2.45, 2.75) is 32.7 Å². The van der Waals surface area contributed by atoms with Gasteiger partial charge in [-0.15, -0.1) is 0 Å². The molecule has 2 fully saturated rings. The topological polar surface area (TPSA) is 43.4 Å². The van der Waals surface area contributed by atoms with Gasteiger partial charge in [0.1, 0.15) is 0 Å². The van der Waals surface area contributed by atoms with Crippen molar-refractivity contribution >= 4 is 11.8 Å². The van der Waals surface area contributed by atoms with Gasteiger partial charge in [0.05, 0.1) is 11.4 Å². The Morgan fingerprint density at radius 1 is 1.12 bits per heavy atom. The summed E-state index contributed by atoms with van der Waals surface area (Å²) in [5.74, 6) is 0.903. The van der Waals surface area contributed by atoms with E-state index in [1.54, 1.807) is 0 Å². The van der Waals surface area contributed by atoms with E-state index in [2.05, 4.69) is 45.7 Å². The number of nitrogens with zero attached hydrogens (tertiary/aromatic N) is 3. The molecule has 1 aromatic rings. The maximum absolute atomic E-state index is 4.69. The molecule has 4 heterocycles. The van der Waals surface area contributed by atoms with Gasteiger partial charge in [-0.2, -0.15) is 0 Å². The van der Waals surface area contributed by atoms with Gasteiger partial charge < -0.3 is 15.5 Å². The van der Waals surface area contributed by atoms with Gasteiger partial charge >= 0.3 is 0 Å². The molecule has 0 amide bonds. The lowest BCUT2D eigenvalue weighted by Crippen LogP contribution is -2.48. The van der Waals surface area contributed by atoms with Gasteiger partial charge in [0, 0.05) is 52.0 Å². The number of hydrogen-bond acceptors (Lipinski definition) is 5. The molecule has 142 valence electrons. The molecule has 0 saturated carbocycles. The van der Waals surface area contributed by atoms with Crippen molar-refractivity contribution in [3.63, 3.8) is 0 Å². The number of anilines is 1. The summed E-state index contributed by atoms with van der Waals surface area (Å²) in [7, 11) is 0. The van der Waals surface area contributed by atoms with E-state index in [1.807, 2.05) is 0 Å². The molecular weight excluding hydrogens is 322 g/mol. The first kappa shape index (κ1) is 18.0. The first-order valence-electron chi connectivity index (χ1n) is 10.4. The number of piperidine rings is 1. The van der Waals surface area contributed by atoms with E-state index in [9.17, 15) is 0 Å². The van der Waals surface area contributed by atoms with Crippen molar-refractivity contribution in [2.24, 2.45) is 5.92 Å². The van der Waals surface area contributed by atoms with Crippen LogP contribution in [0.1, 0.15) is 37.4 Å². The molecular formula is C21H33N5. The third-order valence-corrected chi connectivity index (χ3v) is 6.12. The monoisotopic (exact) mass is 355 g/mol. The number of nitrogens with one attached hydrogen (secondary N) is 2. The molecule has 0 unspecified atom stereocenters. The van der Waals surface area contributed by atoms with Crippen LogP contribution in [0.3, 0.4) is 0 Å². The summed E-state index contributed by atoms with van der Waals surface area (Å²) in [6.45, 7) is 12.7. The zero-order chi connectivity index (χ0) is 17.8. The average molecular weight is 356 g/mol. The van der Waals surface area contributed by atoms with Gasteiger partial charge in [0.15, 0.2) is 0 Å². The molecule has 2 saturated heterocycles. The smallest absolute Gasteiger partial charge is 0.0861 e. The van der Waals surface area contributed by atoms with Crippen LogP contribution in [0.5, 0.6) is 0 Å². The molecule has 2 N–H and O–H groups in total. The van der Waals surface area contributed by atoms with Crippen LogP contribution in [0.25, 0.3) is 6.08 Å². The van der Waals surface area contributed by atoms with E-state index in [0.717, 1.165) is 31.1 Å². The number of fused-ring (bicyclic) bond motifs is 1. The third kappa shape index (κ3) is 4.45. The van der Waals surface area contributed by atoms with Crippen LogP contribution in [-0.2, 0) is 6.54 Å². The van der Waals surface area contributed by atoms with Crippen LogP contribution in [0, 0.1) is 5.92 Å². The highest BCUT2D eigenvalue weighted by atomic mass is 15.3. The van der Waals surface area contributed by atoms with E-state index in [-0.39, 0.29) is 0 Å². The second kappa shape index (κ2) is 8.51. The summed E-state index contributed by atoms with van der Waals surface area (Å²) in [6.07, 6.45) is 8.11. The summed E-state index contributed by atoms with van der Waals surface area (Å²) in [4.78, 5) is 9.95. The first-order valence-corrected chi connectivity index (χ1v) is 10.4. The fourth-order valence-electron chi connectivity index (χ4n) is 4.36. The normalized spacial score (nSPS) is 22.6. The average Bonchev–Trinajstić information content (AvgIpc) is 2.70. The summed E-state index contributed by atoms with van der Waals surface area (Å²) in [6, 6.07) is 2.30. The summed E-state index contributed by atoms with van der Waals surface area (Å²) in [5, 5.41) is 7.00. The van der Waals surface area contributed by atoms with Crippen LogP contribution in [-0.4, -0.2) is 67.1 Å². The van der Waals surface area contributed by atoms with E-state index >= 15 is 0 Å². The summed E-state index contributed by atoms with van der Waals surface area (Å²) < 4.78 is 0. The summed E-state index contributed by atoms with van der Waals surface area (Å²) >= 11 is 0. The molecule has 4 rings (SSSR count). The van der Waals surface area contributed by atoms with Gasteiger partial charge in [0.2, 0.25) is 0 Å². The van der Waals surface area contributed by atoms with Gasteiger partial charge in [-0.1, -0.05) is 6.92 Å². The molecule has 0 spiro atoms. The van der Waals surface area contributed by atoms with Crippen LogP contribution in [0.4, 0.5) is 5.69 Å². The van der Waals surface area contributed by atoms with E-state index in [0.29, 0.717) is 0 Å². The van der Waals surface area contributed by atoms with Crippen molar-refractivity contribution < 1.29 is 0 Å². The Hall–Kier alpha value is -1.43. The lowest BCUT2D eigenvalue weighted by Gasteiger charge is -2.37. The SMILES string of the molecule is CCC1=Cc2ncc(CN3CCN(CC4CCNCC4)CC3)cc2NC1. The fraction of sp³-hybridized carbons (Fsp3) is 0.667. The second-order valence-electron chi connectivity index (χ2n) is 8.06. The van der Waals surface area contributed by atoms with E-state index < -0.39 is 0 Å². The fourth-order valence-corrected chi connectivity index (χ4v) is 4.36. The van der Waals surface area contributed by atoms with Gasteiger partial charge in [0.25, 0.3) is 0 Å². The molecule has 26 heavy (non-hydrogen) atoms. The van der Waals surface area contributed by atoms with Crippen LogP contribution in [0.15, 0.2) is 17.8 Å². The second-order valence-corrected chi connectivity index (χ2v) is 8.06. The Balaban J connectivity index is 1.27. The maximum atomic E-state index is 4.69. The largest absolute Gasteiger partial charge is 0.380 e. The number of rotatable bonds is 5. The minimum absolute atomic E-state index is 0.903. The van der Waals surface area contributed by atoms with Gasteiger partial charge in [-0.05, 0) is 61.5 Å². The molecule has 1 aromatic heterocycles. The first-order chi connectivity index (χ1) is 12.8. The van der Waals surface area contributed by atoms with Gasteiger partial charge in [-0.3, -0.25) is 9.88 Å². The third-order valence-electron chi connectivity index (χ3n) is 6.12. The van der Waals surface area contributed by atoms with Crippen LogP contribution < -0.4 is 10.6 Å². The molecule has 0 atom stereocenters. The predicted octanol–water partition coefficient (Wildman–Crippen LogP) is 2.42. The minimum Gasteiger partial charge on any atom is -0.380 e. The molecule has 3 aliphatic heterocycles. The summed E-state index contributed by atoms with van der Waals surface area (Å²) in [5.41, 5.74) is 5.06. The quantitative estimate of drug-likeness (QED) is 0.849. The molecule has 3 aliphatic rings. The van der Waals surface area contributed by atoms with Crippen molar-refractivity contribution in [3.05, 3.63) is 29.1 Å². The molecule has 0 radical (unpaired) electrons. The predicted molar refractivity (Wildman–Crippen MR) is 108 cm³/mol. The van der Waals surface area contributed by atoms with Crippen molar-refractivity contribution in [3.8, 4) is 0 Å². The Kier molecular flexibility index (Phi) is 5.88. The highest BCUT2D eigenvalue weighted by molar-refractivity contribution is 5.69. The molecule has 0 aromatic carbocycles.